The Morgan fingerprint density at radius 2 is 1.67 bits per heavy atom. The Labute approximate surface area is 223 Å². The van der Waals surface area contributed by atoms with Crippen molar-refractivity contribution in [2.75, 3.05) is 16.9 Å². The van der Waals surface area contributed by atoms with Gasteiger partial charge in [0.25, 0.3) is 0 Å². The van der Waals surface area contributed by atoms with Gasteiger partial charge in [0, 0.05) is 29.8 Å². The van der Waals surface area contributed by atoms with E-state index in [2.05, 4.69) is 20.7 Å². The first-order valence-corrected chi connectivity index (χ1v) is 13.8. The van der Waals surface area contributed by atoms with E-state index in [0.29, 0.717) is 11.3 Å². The summed E-state index contributed by atoms with van der Waals surface area (Å²) in [4.78, 5) is 17.0. The number of carbonyl (C=O) groups is 1. The summed E-state index contributed by atoms with van der Waals surface area (Å²) in [5, 5.41) is 20.4. The lowest BCUT2D eigenvalue weighted by atomic mass is 10.00. The van der Waals surface area contributed by atoms with Crippen LogP contribution in [0.2, 0.25) is 0 Å². The summed E-state index contributed by atoms with van der Waals surface area (Å²) in [6.07, 6.45) is 2.86. The molecule has 0 fully saturated rings. The van der Waals surface area contributed by atoms with E-state index in [1.807, 2.05) is 18.2 Å². The van der Waals surface area contributed by atoms with Gasteiger partial charge in [0.15, 0.2) is 15.5 Å². The molecule has 0 saturated heterocycles. The third-order valence-electron chi connectivity index (χ3n) is 6.22. The number of phenols is 1. The SMILES string of the molecule is CC(C(=O)Nc1ccc(-c2ccc3nc(Nc4ccc(S(C)(=O)=O)cc4O)nn3c2)cc1)c1ccc(F)cc1. The van der Waals surface area contributed by atoms with Crippen LogP contribution in [0.15, 0.2) is 90.0 Å². The number of nitrogens with zero attached hydrogens (tertiary/aromatic N) is 3. The molecule has 11 heteroatoms. The highest BCUT2D eigenvalue weighted by atomic mass is 32.2. The number of halogens is 1. The summed E-state index contributed by atoms with van der Waals surface area (Å²) in [6, 6.07) is 20.9. The molecule has 198 valence electrons. The molecular weight excluding hydrogens is 521 g/mol. The van der Waals surface area contributed by atoms with Gasteiger partial charge >= 0.3 is 0 Å². The standard InChI is InChI=1S/C28H24FN5O4S/c1-17(18-3-8-21(29)9-4-18)27(36)30-22-10-5-19(6-11-22)20-7-14-26-32-28(33-34(26)16-20)31-24-13-12-23(15-25(24)35)39(2,37)38/h3-17,35H,1-2H3,(H,30,36)(H,31,33). The molecule has 9 nitrogen and oxygen atoms in total. The van der Waals surface area contributed by atoms with Gasteiger partial charge in [-0.2, -0.15) is 4.98 Å². The molecular formula is C28H24FN5O4S. The molecule has 0 radical (unpaired) electrons. The van der Waals surface area contributed by atoms with Gasteiger partial charge in [-0.25, -0.2) is 17.3 Å². The topological polar surface area (TPSA) is 126 Å². The van der Waals surface area contributed by atoms with Crippen molar-refractivity contribution in [2.24, 2.45) is 0 Å². The van der Waals surface area contributed by atoms with Crippen molar-refractivity contribution >= 4 is 38.7 Å². The summed E-state index contributed by atoms with van der Waals surface area (Å²) < 4.78 is 38.1. The number of hydrogen-bond acceptors (Lipinski definition) is 7. The maximum atomic E-state index is 13.2. The lowest BCUT2D eigenvalue weighted by Gasteiger charge is -2.13. The van der Waals surface area contributed by atoms with Crippen molar-refractivity contribution < 1.29 is 22.7 Å². The van der Waals surface area contributed by atoms with Crippen LogP contribution < -0.4 is 10.6 Å². The van der Waals surface area contributed by atoms with Crippen LogP contribution in [0.5, 0.6) is 5.75 Å². The minimum atomic E-state index is -3.45. The first kappa shape index (κ1) is 25.9. The van der Waals surface area contributed by atoms with Crippen molar-refractivity contribution in [3.63, 3.8) is 0 Å². The quantitative estimate of drug-likeness (QED) is 0.242. The molecule has 0 aliphatic heterocycles. The minimum Gasteiger partial charge on any atom is -0.506 e. The molecule has 0 saturated carbocycles. The van der Waals surface area contributed by atoms with E-state index in [9.17, 15) is 22.7 Å². The monoisotopic (exact) mass is 545 g/mol. The fourth-order valence-electron chi connectivity index (χ4n) is 3.97. The normalized spacial score (nSPS) is 12.3. The molecule has 0 bridgehead atoms. The van der Waals surface area contributed by atoms with E-state index >= 15 is 0 Å². The van der Waals surface area contributed by atoms with E-state index in [-0.39, 0.29) is 34.0 Å². The number of benzene rings is 3. The van der Waals surface area contributed by atoms with Crippen molar-refractivity contribution in [3.8, 4) is 16.9 Å². The van der Waals surface area contributed by atoms with Crippen LogP contribution in [-0.2, 0) is 14.6 Å². The van der Waals surface area contributed by atoms with Gasteiger partial charge < -0.3 is 15.7 Å². The Morgan fingerprint density at radius 1 is 0.974 bits per heavy atom. The number of anilines is 3. The lowest BCUT2D eigenvalue weighted by molar-refractivity contribution is -0.117. The number of hydrogen-bond donors (Lipinski definition) is 3. The number of carbonyl (C=O) groups excluding carboxylic acids is 1. The number of sulfone groups is 1. The second kappa shape index (κ2) is 10.2. The third-order valence-corrected chi connectivity index (χ3v) is 7.33. The Kier molecular flexibility index (Phi) is 6.75. The second-order valence-electron chi connectivity index (χ2n) is 9.07. The first-order valence-electron chi connectivity index (χ1n) is 11.9. The molecule has 0 aliphatic carbocycles. The van der Waals surface area contributed by atoms with E-state index in [1.165, 1.54) is 30.3 Å². The number of pyridine rings is 1. The Morgan fingerprint density at radius 3 is 2.33 bits per heavy atom. The van der Waals surface area contributed by atoms with Gasteiger partial charge in [-0.3, -0.25) is 4.79 Å². The number of aromatic hydroxyl groups is 1. The van der Waals surface area contributed by atoms with Crippen LogP contribution in [0.4, 0.5) is 21.7 Å². The van der Waals surface area contributed by atoms with E-state index in [1.54, 1.807) is 48.0 Å². The van der Waals surface area contributed by atoms with Gasteiger partial charge in [0.05, 0.1) is 16.5 Å². The summed E-state index contributed by atoms with van der Waals surface area (Å²) in [5.41, 5.74) is 3.93. The molecule has 5 aromatic rings. The first-order chi connectivity index (χ1) is 18.6. The second-order valence-corrected chi connectivity index (χ2v) is 11.1. The fraction of sp³-hybridized carbons (Fsp3) is 0.107. The molecule has 0 spiro atoms. The molecule has 1 atom stereocenters. The van der Waals surface area contributed by atoms with Crippen molar-refractivity contribution in [3.05, 3.63) is 96.4 Å². The number of phenolic OH excluding ortho intramolecular Hbond substituents is 1. The number of fused-ring (bicyclic) bond motifs is 1. The maximum Gasteiger partial charge on any atom is 0.247 e. The molecule has 3 N–H and O–H groups in total. The average Bonchev–Trinajstić information content (AvgIpc) is 3.31. The molecule has 1 unspecified atom stereocenters. The predicted molar refractivity (Wildman–Crippen MR) is 146 cm³/mol. The van der Waals surface area contributed by atoms with Gasteiger partial charge in [-0.05, 0) is 66.6 Å². The Hall–Kier alpha value is -4.77. The zero-order valence-corrected chi connectivity index (χ0v) is 21.8. The number of nitrogens with one attached hydrogen (secondary N) is 2. The zero-order chi connectivity index (χ0) is 27.7. The summed E-state index contributed by atoms with van der Waals surface area (Å²) in [5.74, 6) is -1.00. The molecule has 0 aliphatic rings. The molecule has 3 aromatic carbocycles. The van der Waals surface area contributed by atoms with Crippen LogP contribution in [0.25, 0.3) is 16.8 Å². The van der Waals surface area contributed by atoms with Crippen molar-refractivity contribution in [2.45, 2.75) is 17.7 Å². The summed E-state index contributed by atoms with van der Waals surface area (Å²) in [7, 11) is -3.45. The fourth-order valence-corrected chi connectivity index (χ4v) is 4.62. The Bertz CT molecular complexity index is 1790. The van der Waals surface area contributed by atoms with Crippen molar-refractivity contribution in [1.29, 1.82) is 0 Å². The van der Waals surface area contributed by atoms with E-state index in [0.717, 1.165) is 22.9 Å². The van der Waals surface area contributed by atoms with E-state index in [4.69, 9.17) is 0 Å². The average molecular weight is 546 g/mol. The third kappa shape index (κ3) is 5.73. The highest BCUT2D eigenvalue weighted by Gasteiger charge is 2.16. The molecule has 2 heterocycles. The van der Waals surface area contributed by atoms with Gasteiger partial charge in [0.2, 0.25) is 11.9 Å². The zero-order valence-electron chi connectivity index (χ0n) is 21.0. The van der Waals surface area contributed by atoms with Crippen LogP contribution in [-0.4, -0.2) is 40.3 Å². The van der Waals surface area contributed by atoms with Gasteiger partial charge in [-0.1, -0.05) is 24.3 Å². The highest BCUT2D eigenvalue weighted by molar-refractivity contribution is 7.90. The predicted octanol–water partition coefficient (Wildman–Crippen LogP) is 5.13. The minimum absolute atomic E-state index is 0.00567. The maximum absolute atomic E-state index is 13.2. The highest BCUT2D eigenvalue weighted by Crippen LogP contribution is 2.29. The van der Waals surface area contributed by atoms with Crippen LogP contribution in [0, 0.1) is 5.82 Å². The van der Waals surface area contributed by atoms with Gasteiger partial charge in [-0.15, -0.1) is 5.10 Å². The van der Waals surface area contributed by atoms with Crippen LogP contribution in [0.1, 0.15) is 18.4 Å². The van der Waals surface area contributed by atoms with Gasteiger partial charge in [0.1, 0.15) is 11.6 Å². The smallest absolute Gasteiger partial charge is 0.247 e. The molecule has 2 aromatic heterocycles. The van der Waals surface area contributed by atoms with Crippen LogP contribution in [0.3, 0.4) is 0 Å². The summed E-state index contributed by atoms with van der Waals surface area (Å²) >= 11 is 0. The number of aromatic nitrogens is 3. The van der Waals surface area contributed by atoms with E-state index < -0.39 is 15.8 Å². The molecule has 5 rings (SSSR count). The number of amides is 1. The largest absolute Gasteiger partial charge is 0.506 e. The number of rotatable bonds is 7. The van der Waals surface area contributed by atoms with Crippen LogP contribution >= 0.6 is 0 Å². The summed E-state index contributed by atoms with van der Waals surface area (Å²) in [6.45, 7) is 1.76. The van der Waals surface area contributed by atoms with Crippen molar-refractivity contribution in [1.82, 2.24) is 14.6 Å². The Balaban J connectivity index is 1.29. The molecule has 1 amide bonds. The molecule has 39 heavy (non-hydrogen) atoms. The lowest BCUT2D eigenvalue weighted by Crippen LogP contribution is -2.18.